The molecule has 0 heterocycles. The second-order valence-electron chi connectivity index (χ2n) is 3.58. The van der Waals surface area contributed by atoms with Crippen molar-refractivity contribution in [2.24, 2.45) is 5.84 Å². The van der Waals surface area contributed by atoms with Crippen molar-refractivity contribution in [3.8, 4) is 0 Å². The molecule has 17 heavy (non-hydrogen) atoms. The summed E-state index contributed by atoms with van der Waals surface area (Å²) < 4.78 is 57.8. The van der Waals surface area contributed by atoms with Crippen LogP contribution in [0.25, 0.3) is 0 Å². The van der Waals surface area contributed by atoms with E-state index in [0.717, 1.165) is 0 Å². The normalized spacial score (nSPS) is 14.3. The first-order valence-corrected chi connectivity index (χ1v) is 5.12. The molecule has 0 aromatic heterocycles. The summed E-state index contributed by atoms with van der Waals surface area (Å²) in [4.78, 5) is 0. The lowest BCUT2D eigenvalue weighted by atomic mass is 10.2. The van der Waals surface area contributed by atoms with Crippen molar-refractivity contribution in [1.82, 2.24) is 5.43 Å². The fraction of sp³-hybridized carbons (Fsp3) is 1.00. The highest BCUT2D eigenvalue weighted by atomic mass is 19.3. The van der Waals surface area contributed by atoms with E-state index in [4.69, 9.17) is 10.6 Å². The number of nitrogens with one attached hydrogen (secondary N) is 1. The quantitative estimate of drug-likeness (QED) is 0.268. The van der Waals surface area contributed by atoms with Gasteiger partial charge < -0.3 is 9.47 Å². The van der Waals surface area contributed by atoms with Crippen LogP contribution in [0.3, 0.4) is 0 Å². The number of halogens is 4. The molecule has 0 saturated carbocycles. The number of nitrogens with two attached hydrogens (primary N) is 1. The molecule has 0 aliphatic carbocycles. The maximum atomic E-state index is 12.5. The van der Waals surface area contributed by atoms with E-state index in [0.29, 0.717) is 19.4 Å². The van der Waals surface area contributed by atoms with E-state index in [1.54, 1.807) is 0 Å². The molecule has 0 aliphatic heterocycles. The van der Waals surface area contributed by atoms with Gasteiger partial charge in [0, 0.05) is 19.8 Å². The molecule has 0 bridgehead atoms. The van der Waals surface area contributed by atoms with E-state index >= 15 is 0 Å². The second kappa shape index (κ2) is 8.62. The highest BCUT2D eigenvalue weighted by molar-refractivity contribution is 4.69. The van der Waals surface area contributed by atoms with E-state index in [9.17, 15) is 17.6 Å². The summed E-state index contributed by atoms with van der Waals surface area (Å²) in [5.41, 5.74) is 2.36. The highest BCUT2D eigenvalue weighted by Crippen LogP contribution is 2.22. The fourth-order valence-electron chi connectivity index (χ4n) is 1.09. The third-order valence-electron chi connectivity index (χ3n) is 2.07. The van der Waals surface area contributed by atoms with Gasteiger partial charge >= 0.3 is 12.3 Å². The zero-order chi connectivity index (χ0) is 13.3. The van der Waals surface area contributed by atoms with Gasteiger partial charge in [-0.05, 0) is 12.8 Å². The minimum Gasteiger partial charge on any atom is -0.385 e. The summed E-state index contributed by atoms with van der Waals surface area (Å²) in [6, 6.07) is -0.362. The molecule has 8 heteroatoms. The Morgan fingerprint density at radius 1 is 1.35 bits per heavy atom. The van der Waals surface area contributed by atoms with Crippen molar-refractivity contribution in [3.63, 3.8) is 0 Å². The van der Waals surface area contributed by atoms with Crippen molar-refractivity contribution >= 4 is 0 Å². The van der Waals surface area contributed by atoms with Crippen molar-refractivity contribution in [2.45, 2.75) is 31.2 Å². The van der Waals surface area contributed by atoms with Gasteiger partial charge in [-0.1, -0.05) is 0 Å². The average Bonchev–Trinajstić information content (AvgIpc) is 2.26. The zero-order valence-corrected chi connectivity index (χ0v) is 9.60. The van der Waals surface area contributed by atoms with Crippen LogP contribution in [-0.2, 0) is 9.47 Å². The molecule has 104 valence electrons. The second-order valence-corrected chi connectivity index (χ2v) is 3.58. The van der Waals surface area contributed by atoms with Crippen LogP contribution < -0.4 is 11.3 Å². The van der Waals surface area contributed by atoms with E-state index in [-0.39, 0.29) is 12.6 Å². The van der Waals surface area contributed by atoms with Gasteiger partial charge in [0.15, 0.2) is 0 Å². The molecule has 0 aromatic carbocycles. The van der Waals surface area contributed by atoms with Crippen LogP contribution in [0.5, 0.6) is 0 Å². The van der Waals surface area contributed by atoms with Crippen LogP contribution in [0.1, 0.15) is 12.8 Å². The van der Waals surface area contributed by atoms with E-state index < -0.39 is 19.0 Å². The van der Waals surface area contributed by atoms with Gasteiger partial charge in [-0.3, -0.25) is 11.3 Å². The SMILES string of the molecule is COCCCC(COCC(F)(F)C(F)F)NN. The lowest BCUT2D eigenvalue weighted by molar-refractivity contribution is -0.167. The number of ether oxygens (including phenoxy) is 2. The van der Waals surface area contributed by atoms with Crippen LogP contribution in [0.2, 0.25) is 0 Å². The summed E-state index contributed by atoms with van der Waals surface area (Å²) in [7, 11) is 1.53. The maximum absolute atomic E-state index is 12.5. The molecule has 3 N–H and O–H groups in total. The average molecular weight is 262 g/mol. The van der Waals surface area contributed by atoms with Crippen LogP contribution in [0.4, 0.5) is 17.6 Å². The van der Waals surface area contributed by atoms with Crippen molar-refractivity contribution in [2.75, 3.05) is 26.9 Å². The summed E-state index contributed by atoms with van der Waals surface area (Å²) >= 11 is 0. The Bertz CT molecular complexity index is 196. The molecule has 0 fully saturated rings. The van der Waals surface area contributed by atoms with Gasteiger partial charge in [-0.2, -0.15) is 8.78 Å². The lowest BCUT2D eigenvalue weighted by Crippen LogP contribution is -2.41. The zero-order valence-electron chi connectivity index (χ0n) is 9.60. The Morgan fingerprint density at radius 3 is 2.47 bits per heavy atom. The van der Waals surface area contributed by atoms with Gasteiger partial charge in [0.1, 0.15) is 6.61 Å². The molecule has 0 aliphatic rings. The van der Waals surface area contributed by atoms with Gasteiger partial charge in [-0.25, -0.2) is 8.78 Å². The van der Waals surface area contributed by atoms with Crippen LogP contribution >= 0.6 is 0 Å². The minimum absolute atomic E-state index is 0.150. The van der Waals surface area contributed by atoms with Crippen LogP contribution in [0, 0.1) is 0 Å². The van der Waals surface area contributed by atoms with E-state index in [1.165, 1.54) is 7.11 Å². The lowest BCUT2D eigenvalue weighted by Gasteiger charge is -2.19. The fourth-order valence-corrected chi connectivity index (χ4v) is 1.09. The Morgan fingerprint density at radius 2 is 2.00 bits per heavy atom. The van der Waals surface area contributed by atoms with Crippen LogP contribution in [0.15, 0.2) is 0 Å². The summed E-state index contributed by atoms with van der Waals surface area (Å²) in [5, 5.41) is 0. The molecule has 0 spiro atoms. The topological polar surface area (TPSA) is 56.5 Å². The molecule has 1 atom stereocenters. The van der Waals surface area contributed by atoms with Gasteiger partial charge in [0.25, 0.3) is 0 Å². The smallest absolute Gasteiger partial charge is 0.330 e. The van der Waals surface area contributed by atoms with Crippen molar-refractivity contribution < 1.29 is 27.0 Å². The number of hydrogen-bond donors (Lipinski definition) is 2. The molecule has 0 aromatic rings. The van der Waals surface area contributed by atoms with Crippen molar-refractivity contribution in [1.29, 1.82) is 0 Å². The molecule has 0 radical (unpaired) electrons. The predicted molar refractivity (Wildman–Crippen MR) is 54.0 cm³/mol. The molecule has 1 unspecified atom stereocenters. The number of hydrazine groups is 1. The summed E-state index contributed by atoms with van der Waals surface area (Å²) in [5.74, 6) is 1.04. The van der Waals surface area contributed by atoms with Gasteiger partial charge in [0.05, 0.1) is 6.61 Å². The summed E-state index contributed by atoms with van der Waals surface area (Å²) in [6.07, 6.45) is -2.51. The molecule has 4 nitrogen and oxygen atoms in total. The van der Waals surface area contributed by atoms with Gasteiger partial charge in [-0.15, -0.1) is 0 Å². The predicted octanol–water partition coefficient (Wildman–Crippen LogP) is 1.16. The molecular formula is C9H18F4N2O2. The Balaban J connectivity index is 3.76. The summed E-state index contributed by atoms with van der Waals surface area (Å²) in [6.45, 7) is -0.957. The third-order valence-corrected chi connectivity index (χ3v) is 2.07. The number of methoxy groups -OCH3 is 1. The number of rotatable bonds is 10. The monoisotopic (exact) mass is 262 g/mol. The molecule has 0 rings (SSSR count). The first kappa shape index (κ1) is 16.6. The Hall–Kier alpha value is -0.440. The number of hydrogen-bond acceptors (Lipinski definition) is 4. The maximum Gasteiger partial charge on any atom is 0.330 e. The molecule has 0 amide bonds. The first-order valence-electron chi connectivity index (χ1n) is 5.12. The van der Waals surface area contributed by atoms with E-state index in [2.05, 4.69) is 10.2 Å². The van der Waals surface area contributed by atoms with Gasteiger partial charge in [0.2, 0.25) is 0 Å². The third kappa shape index (κ3) is 7.48. The standard InChI is InChI=1S/C9H18F4N2O2/c1-16-4-2-3-7(15-14)5-17-6-9(12,13)8(10)11/h7-8,15H,2-6,14H2,1H3. The molecular weight excluding hydrogens is 244 g/mol. The van der Waals surface area contributed by atoms with Crippen LogP contribution in [-0.4, -0.2) is 45.3 Å². The number of alkyl halides is 4. The molecule has 0 saturated heterocycles. The Kier molecular flexibility index (Phi) is 8.40. The highest BCUT2D eigenvalue weighted by Gasteiger charge is 2.41. The first-order chi connectivity index (χ1) is 7.94. The van der Waals surface area contributed by atoms with Crippen molar-refractivity contribution in [3.05, 3.63) is 0 Å². The largest absolute Gasteiger partial charge is 0.385 e. The van der Waals surface area contributed by atoms with E-state index in [1.807, 2.05) is 0 Å². The minimum atomic E-state index is -4.12. The Labute approximate surface area is 97.4 Å².